The van der Waals surface area contributed by atoms with Crippen molar-refractivity contribution < 1.29 is 17.5 Å². The SMILES string of the molecule is O=S(=O)(NC1CCC12CCOCC2)c1ccc(-c2ccc(F)cc2)cc1. The highest BCUT2D eigenvalue weighted by molar-refractivity contribution is 7.89. The molecule has 1 heterocycles. The van der Waals surface area contributed by atoms with E-state index < -0.39 is 10.0 Å². The van der Waals surface area contributed by atoms with Gasteiger partial charge in [-0.15, -0.1) is 0 Å². The van der Waals surface area contributed by atoms with Gasteiger partial charge in [-0.25, -0.2) is 17.5 Å². The first-order valence-electron chi connectivity index (χ1n) is 8.95. The molecule has 1 saturated carbocycles. The van der Waals surface area contributed by atoms with Crippen LogP contribution in [0.3, 0.4) is 0 Å². The molecule has 1 N–H and O–H groups in total. The second-order valence-corrected chi connectivity index (χ2v) is 8.93. The van der Waals surface area contributed by atoms with Crippen LogP contribution in [-0.2, 0) is 14.8 Å². The highest BCUT2D eigenvalue weighted by atomic mass is 32.2. The average molecular weight is 375 g/mol. The van der Waals surface area contributed by atoms with Crippen LogP contribution >= 0.6 is 0 Å². The molecular formula is C20H22FNO3S. The number of benzene rings is 2. The topological polar surface area (TPSA) is 55.4 Å². The third-order valence-corrected chi connectivity index (χ3v) is 7.29. The largest absolute Gasteiger partial charge is 0.381 e. The summed E-state index contributed by atoms with van der Waals surface area (Å²) in [6.07, 6.45) is 3.79. The van der Waals surface area contributed by atoms with Crippen molar-refractivity contribution in [3.8, 4) is 11.1 Å². The van der Waals surface area contributed by atoms with E-state index in [9.17, 15) is 12.8 Å². The predicted molar refractivity (Wildman–Crippen MR) is 97.7 cm³/mol. The number of ether oxygens (including phenoxy) is 1. The normalized spacial score (nSPS) is 22.1. The van der Waals surface area contributed by atoms with E-state index in [1.807, 2.05) is 0 Å². The van der Waals surface area contributed by atoms with E-state index in [2.05, 4.69) is 4.72 Å². The van der Waals surface area contributed by atoms with E-state index in [0.29, 0.717) is 13.2 Å². The number of hydrogen-bond donors (Lipinski definition) is 1. The van der Waals surface area contributed by atoms with Crippen LogP contribution in [0.5, 0.6) is 0 Å². The fraction of sp³-hybridized carbons (Fsp3) is 0.400. The van der Waals surface area contributed by atoms with Crippen molar-refractivity contribution in [3.05, 3.63) is 54.3 Å². The molecule has 0 aromatic heterocycles. The van der Waals surface area contributed by atoms with Gasteiger partial charge in [0.1, 0.15) is 5.82 Å². The number of halogens is 1. The van der Waals surface area contributed by atoms with Gasteiger partial charge in [0.15, 0.2) is 0 Å². The minimum atomic E-state index is -3.55. The molecule has 2 aromatic rings. The van der Waals surface area contributed by atoms with E-state index in [0.717, 1.165) is 36.8 Å². The first-order valence-corrected chi connectivity index (χ1v) is 10.4. The van der Waals surface area contributed by atoms with Crippen molar-refractivity contribution in [2.24, 2.45) is 5.41 Å². The summed E-state index contributed by atoms with van der Waals surface area (Å²) in [4.78, 5) is 0.262. The third kappa shape index (κ3) is 3.29. The molecule has 0 bridgehead atoms. The summed E-state index contributed by atoms with van der Waals surface area (Å²) in [5.41, 5.74) is 1.77. The van der Waals surface area contributed by atoms with E-state index in [-0.39, 0.29) is 22.2 Å². The number of sulfonamides is 1. The zero-order valence-corrected chi connectivity index (χ0v) is 15.3. The number of nitrogens with one attached hydrogen (secondary N) is 1. The van der Waals surface area contributed by atoms with E-state index in [1.54, 1.807) is 36.4 Å². The summed E-state index contributed by atoms with van der Waals surface area (Å²) in [5, 5.41) is 0. The molecule has 2 fully saturated rings. The van der Waals surface area contributed by atoms with Gasteiger partial charge >= 0.3 is 0 Å². The summed E-state index contributed by atoms with van der Waals surface area (Å²) in [7, 11) is -3.55. The summed E-state index contributed by atoms with van der Waals surface area (Å²) >= 11 is 0. The van der Waals surface area contributed by atoms with Crippen molar-refractivity contribution in [1.82, 2.24) is 4.72 Å². The van der Waals surface area contributed by atoms with Crippen LogP contribution in [0.1, 0.15) is 25.7 Å². The standard InChI is InChI=1S/C20H22FNO3S/c21-17-5-1-15(2-6-17)16-3-7-18(8-4-16)26(23,24)22-19-9-10-20(19)11-13-25-14-12-20/h1-8,19,22H,9-14H2. The smallest absolute Gasteiger partial charge is 0.240 e. The third-order valence-electron chi connectivity index (χ3n) is 5.80. The van der Waals surface area contributed by atoms with Gasteiger partial charge in [0.2, 0.25) is 10.0 Å². The van der Waals surface area contributed by atoms with Gasteiger partial charge in [-0.3, -0.25) is 0 Å². The Kier molecular flexibility index (Phi) is 4.59. The average Bonchev–Trinajstić information content (AvgIpc) is 2.67. The minimum absolute atomic E-state index is 0.00632. The monoisotopic (exact) mass is 375 g/mol. The first-order chi connectivity index (χ1) is 12.5. The maximum atomic E-state index is 13.0. The minimum Gasteiger partial charge on any atom is -0.381 e. The molecule has 26 heavy (non-hydrogen) atoms. The summed E-state index contributed by atoms with van der Waals surface area (Å²) in [6.45, 7) is 1.43. The van der Waals surface area contributed by atoms with Crippen LogP contribution in [0.15, 0.2) is 53.4 Å². The molecule has 1 aliphatic heterocycles. The predicted octanol–water partition coefficient (Wildman–Crippen LogP) is 3.73. The second kappa shape index (κ2) is 6.76. The molecular weight excluding hydrogens is 353 g/mol. The van der Waals surface area contributed by atoms with Crippen molar-refractivity contribution in [2.75, 3.05) is 13.2 Å². The lowest BCUT2D eigenvalue weighted by Gasteiger charge is -2.51. The van der Waals surface area contributed by atoms with Crippen LogP contribution in [0, 0.1) is 11.2 Å². The van der Waals surface area contributed by atoms with Gasteiger partial charge in [-0.2, -0.15) is 0 Å². The Morgan fingerprint density at radius 1 is 0.923 bits per heavy atom. The highest BCUT2D eigenvalue weighted by Gasteiger charge is 2.48. The molecule has 2 aromatic carbocycles. The van der Waals surface area contributed by atoms with Crippen molar-refractivity contribution in [1.29, 1.82) is 0 Å². The Bertz CT molecular complexity index is 872. The number of hydrogen-bond acceptors (Lipinski definition) is 3. The van der Waals surface area contributed by atoms with Crippen LogP contribution < -0.4 is 4.72 Å². The molecule has 0 amide bonds. The van der Waals surface area contributed by atoms with Crippen molar-refractivity contribution in [2.45, 2.75) is 36.6 Å². The molecule has 1 aliphatic carbocycles. The Hall–Kier alpha value is -1.76. The lowest BCUT2D eigenvalue weighted by Crippen LogP contribution is -2.57. The molecule has 6 heteroatoms. The molecule has 1 saturated heterocycles. The molecule has 0 radical (unpaired) electrons. The molecule has 4 nitrogen and oxygen atoms in total. The van der Waals surface area contributed by atoms with Gasteiger partial charge in [0, 0.05) is 19.3 Å². The summed E-state index contributed by atoms with van der Waals surface area (Å²) in [5.74, 6) is -0.292. The van der Waals surface area contributed by atoms with Gasteiger partial charge in [-0.1, -0.05) is 24.3 Å². The van der Waals surface area contributed by atoms with E-state index >= 15 is 0 Å². The molecule has 1 atom stereocenters. The van der Waals surface area contributed by atoms with Crippen LogP contribution in [-0.4, -0.2) is 27.7 Å². The Balaban J connectivity index is 1.50. The second-order valence-electron chi connectivity index (χ2n) is 7.22. The van der Waals surface area contributed by atoms with Crippen LogP contribution in [0.25, 0.3) is 11.1 Å². The molecule has 1 unspecified atom stereocenters. The van der Waals surface area contributed by atoms with Gasteiger partial charge in [0.05, 0.1) is 4.90 Å². The van der Waals surface area contributed by atoms with Crippen LogP contribution in [0.2, 0.25) is 0 Å². The van der Waals surface area contributed by atoms with E-state index in [4.69, 9.17) is 4.74 Å². The fourth-order valence-electron chi connectivity index (χ4n) is 3.98. The van der Waals surface area contributed by atoms with Gasteiger partial charge in [0.25, 0.3) is 0 Å². The molecule has 4 rings (SSSR count). The number of rotatable bonds is 4. The Morgan fingerprint density at radius 2 is 1.50 bits per heavy atom. The lowest BCUT2D eigenvalue weighted by atomic mass is 9.60. The Morgan fingerprint density at radius 3 is 2.04 bits per heavy atom. The zero-order chi connectivity index (χ0) is 18.2. The molecule has 1 spiro atoms. The van der Waals surface area contributed by atoms with Crippen molar-refractivity contribution >= 4 is 10.0 Å². The maximum absolute atomic E-state index is 13.0. The quantitative estimate of drug-likeness (QED) is 0.886. The highest BCUT2D eigenvalue weighted by Crippen LogP contribution is 2.49. The zero-order valence-electron chi connectivity index (χ0n) is 14.4. The van der Waals surface area contributed by atoms with E-state index in [1.165, 1.54) is 12.1 Å². The fourth-order valence-corrected chi connectivity index (χ4v) is 5.35. The van der Waals surface area contributed by atoms with Crippen LogP contribution in [0.4, 0.5) is 4.39 Å². The summed E-state index contributed by atoms with van der Waals surface area (Å²) in [6, 6.07) is 12.9. The van der Waals surface area contributed by atoms with Gasteiger partial charge in [-0.05, 0) is 66.5 Å². The van der Waals surface area contributed by atoms with Crippen molar-refractivity contribution in [3.63, 3.8) is 0 Å². The Labute approximate surface area is 153 Å². The van der Waals surface area contributed by atoms with Gasteiger partial charge < -0.3 is 4.74 Å². The molecule has 2 aliphatic rings. The first kappa shape index (κ1) is 17.6. The summed E-state index contributed by atoms with van der Waals surface area (Å²) < 4.78 is 46.9. The maximum Gasteiger partial charge on any atom is 0.240 e. The lowest BCUT2D eigenvalue weighted by molar-refractivity contribution is -0.0483. The molecule has 138 valence electrons.